The topological polar surface area (TPSA) is 64.0 Å². The number of nitrogens with zero attached hydrogens (tertiary/aromatic N) is 2. The summed E-state index contributed by atoms with van der Waals surface area (Å²) in [7, 11) is 0. The second kappa shape index (κ2) is 7.43. The van der Waals surface area contributed by atoms with Crippen molar-refractivity contribution in [2.24, 2.45) is 5.92 Å². The van der Waals surface area contributed by atoms with Gasteiger partial charge in [0, 0.05) is 18.3 Å². The Morgan fingerprint density at radius 2 is 1.92 bits per heavy atom. The van der Waals surface area contributed by atoms with Gasteiger partial charge in [0.25, 0.3) is 5.91 Å². The lowest BCUT2D eigenvalue weighted by atomic mass is 9.89. The van der Waals surface area contributed by atoms with Gasteiger partial charge in [-0.25, -0.2) is 4.68 Å². The Balaban J connectivity index is 1.79. The Bertz CT molecular complexity index is 762. The van der Waals surface area contributed by atoms with E-state index in [0.717, 1.165) is 18.5 Å². The number of rotatable bonds is 4. The van der Waals surface area contributed by atoms with Gasteiger partial charge in [-0.1, -0.05) is 37.5 Å². The highest BCUT2D eigenvalue weighted by Gasteiger charge is 2.18. The van der Waals surface area contributed by atoms with Gasteiger partial charge in [-0.3, -0.25) is 9.59 Å². The van der Waals surface area contributed by atoms with Crippen molar-refractivity contribution in [1.82, 2.24) is 15.1 Å². The van der Waals surface area contributed by atoms with Crippen molar-refractivity contribution in [3.05, 3.63) is 58.0 Å². The molecule has 126 valence electrons. The fourth-order valence-electron chi connectivity index (χ4n) is 3.25. The molecule has 3 rings (SSSR count). The van der Waals surface area contributed by atoms with Crippen LogP contribution in [0.2, 0.25) is 0 Å². The molecule has 1 N–H and O–H groups in total. The molecule has 1 saturated carbocycles. The molecule has 0 atom stereocenters. The summed E-state index contributed by atoms with van der Waals surface area (Å²) in [5.41, 5.74) is 1.16. The lowest BCUT2D eigenvalue weighted by molar-refractivity contribution is 0.0935. The number of hydrogen-bond acceptors (Lipinski definition) is 3. The molecule has 0 spiro atoms. The van der Waals surface area contributed by atoms with Gasteiger partial charge < -0.3 is 5.32 Å². The van der Waals surface area contributed by atoms with Crippen LogP contribution in [-0.2, 0) is 0 Å². The van der Waals surface area contributed by atoms with E-state index in [2.05, 4.69) is 10.4 Å². The molecule has 1 aliphatic rings. The first-order valence-corrected chi connectivity index (χ1v) is 8.60. The van der Waals surface area contributed by atoms with Crippen molar-refractivity contribution in [2.45, 2.75) is 39.0 Å². The maximum absolute atomic E-state index is 12.4. The highest BCUT2D eigenvalue weighted by atomic mass is 16.2. The molecular formula is C19H23N3O2. The number of nitrogens with one attached hydrogen (secondary N) is 1. The van der Waals surface area contributed by atoms with E-state index in [0.29, 0.717) is 18.2 Å². The Hall–Kier alpha value is -2.43. The smallest absolute Gasteiger partial charge is 0.275 e. The van der Waals surface area contributed by atoms with E-state index in [1.807, 2.05) is 37.3 Å². The number of carbonyl (C=O) groups is 1. The van der Waals surface area contributed by atoms with Crippen LogP contribution in [0.25, 0.3) is 5.69 Å². The quantitative estimate of drug-likeness (QED) is 0.940. The molecule has 5 heteroatoms. The summed E-state index contributed by atoms with van der Waals surface area (Å²) in [5.74, 6) is 0.139. The maximum atomic E-state index is 12.4. The zero-order valence-corrected chi connectivity index (χ0v) is 14.0. The van der Waals surface area contributed by atoms with Gasteiger partial charge in [-0.2, -0.15) is 5.10 Å². The van der Waals surface area contributed by atoms with E-state index < -0.39 is 0 Å². The first kappa shape index (κ1) is 16.4. The first-order valence-electron chi connectivity index (χ1n) is 8.60. The summed E-state index contributed by atoms with van der Waals surface area (Å²) in [5, 5.41) is 7.19. The Labute approximate surface area is 141 Å². The largest absolute Gasteiger partial charge is 0.350 e. The Morgan fingerprint density at radius 3 is 2.62 bits per heavy atom. The summed E-state index contributed by atoms with van der Waals surface area (Å²) in [4.78, 5) is 24.6. The minimum atomic E-state index is -0.379. The average molecular weight is 325 g/mol. The lowest BCUT2D eigenvalue weighted by Crippen LogP contribution is -2.35. The number of amides is 1. The average Bonchev–Trinajstić information content (AvgIpc) is 2.61. The molecule has 5 nitrogen and oxygen atoms in total. The predicted octanol–water partition coefficient (Wildman–Crippen LogP) is 2.85. The van der Waals surface area contributed by atoms with Crippen molar-refractivity contribution in [1.29, 1.82) is 0 Å². The molecule has 0 saturated heterocycles. The van der Waals surface area contributed by atoms with Gasteiger partial charge in [0.05, 0.1) is 5.69 Å². The molecule has 0 unspecified atom stereocenters. The summed E-state index contributed by atoms with van der Waals surface area (Å²) in [6.45, 7) is 2.43. The Kier molecular flexibility index (Phi) is 5.08. The molecule has 1 aromatic heterocycles. The van der Waals surface area contributed by atoms with Crippen molar-refractivity contribution < 1.29 is 4.79 Å². The molecule has 0 bridgehead atoms. The lowest BCUT2D eigenvalue weighted by Gasteiger charge is -2.21. The number of aryl methyl sites for hydroxylation is 1. The number of benzene rings is 1. The van der Waals surface area contributed by atoms with Crippen LogP contribution in [0.4, 0.5) is 0 Å². The van der Waals surface area contributed by atoms with Crippen LogP contribution < -0.4 is 10.7 Å². The van der Waals surface area contributed by atoms with Crippen molar-refractivity contribution in [3.63, 3.8) is 0 Å². The van der Waals surface area contributed by atoms with E-state index in [1.165, 1.54) is 25.3 Å². The number of hydrogen-bond donors (Lipinski definition) is 1. The Morgan fingerprint density at radius 1 is 1.21 bits per heavy atom. The van der Waals surface area contributed by atoms with Crippen LogP contribution in [0.15, 0.2) is 41.2 Å². The summed E-state index contributed by atoms with van der Waals surface area (Å²) >= 11 is 0. The molecule has 1 fully saturated rings. The summed E-state index contributed by atoms with van der Waals surface area (Å²) in [6, 6.07) is 11.0. The predicted molar refractivity (Wildman–Crippen MR) is 93.5 cm³/mol. The third-order valence-electron chi connectivity index (χ3n) is 4.60. The molecule has 1 aliphatic carbocycles. The van der Waals surface area contributed by atoms with Gasteiger partial charge in [-0.05, 0) is 37.8 Å². The van der Waals surface area contributed by atoms with Crippen LogP contribution in [0.1, 0.15) is 48.3 Å². The normalized spacial score (nSPS) is 15.2. The first-order chi connectivity index (χ1) is 11.6. The molecule has 1 aromatic carbocycles. The molecule has 0 radical (unpaired) electrons. The van der Waals surface area contributed by atoms with E-state index in [9.17, 15) is 9.59 Å². The van der Waals surface area contributed by atoms with Crippen LogP contribution in [0, 0.1) is 12.8 Å². The van der Waals surface area contributed by atoms with E-state index in [1.54, 1.807) is 4.68 Å². The number of para-hydroxylation sites is 1. The zero-order chi connectivity index (χ0) is 16.9. The number of aromatic nitrogens is 2. The van der Waals surface area contributed by atoms with Crippen LogP contribution in [0.3, 0.4) is 0 Å². The highest BCUT2D eigenvalue weighted by molar-refractivity contribution is 5.92. The highest BCUT2D eigenvalue weighted by Crippen LogP contribution is 2.22. The maximum Gasteiger partial charge on any atom is 0.275 e. The van der Waals surface area contributed by atoms with Crippen molar-refractivity contribution in [3.8, 4) is 5.69 Å². The van der Waals surface area contributed by atoms with E-state index in [4.69, 9.17) is 0 Å². The second-order valence-electron chi connectivity index (χ2n) is 6.46. The fraction of sp³-hybridized carbons (Fsp3) is 0.421. The summed E-state index contributed by atoms with van der Waals surface area (Å²) < 4.78 is 1.64. The van der Waals surface area contributed by atoms with Crippen molar-refractivity contribution in [2.75, 3.05) is 6.54 Å². The minimum absolute atomic E-state index is 0.0414. The van der Waals surface area contributed by atoms with Crippen molar-refractivity contribution >= 4 is 5.91 Å². The molecule has 1 amide bonds. The second-order valence-corrected chi connectivity index (χ2v) is 6.46. The summed E-state index contributed by atoms with van der Waals surface area (Å²) in [6.07, 6.45) is 6.03. The molecule has 0 aliphatic heterocycles. The van der Waals surface area contributed by atoms with Gasteiger partial charge in [0.1, 0.15) is 0 Å². The molecule has 24 heavy (non-hydrogen) atoms. The molecular weight excluding hydrogens is 302 g/mol. The van der Waals surface area contributed by atoms with Gasteiger partial charge in [0.2, 0.25) is 5.43 Å². The van der Waals surface area contributed by atoms with Crippen LogP contribution in [-0.4, -0.2) is 22.2 Å². The van der Waals surface area contributed by atoms with E-state index in [-0.39, 0.29) is 17.0 Å². The van der Waals surface area contributed by atoms with Crippen LogP contribution in [0.5, 0.6) is 0 Å². The zero-order valence-electron chi connectivity index (χ0n) is 14.0. The monoisotopic (exact) mass is 325 g/mol. The fourth-order valence-corrected chi connectivity index (χ4v) is 3.25. The van der Waals surface area contributed by atoms with Crippen LogP contribution >= 0.6 is 0 Å². The SMILES string of the molecule is Cc1cc(=O)c(C(=O)NCC2CCCCC2)nn1-c1ccccc1. The standard InChI is InChI=1S/C19H23N3O2/c1-14-12-17(23)18(21-22(14)16-10-6-3-7-11-16)19(24)20-13-15-8-4-2-5-9-15/h3,6-7,10-12,15H,2,4-5,8-9,13H2,1H3,(H,20,24). The minimum Gasteiger partial charge on any atom is -0.350 e. The van der Waals surface area contributed by atoms with Gasteiger partial charge >= 0.3 is 0 Å². The third-order valence-corrected chi connectivity index (χ3v) is 4.60. The number of carbonyl (C=O) groups excluding carboxylic acids is 1. The van der Waals surface area contributed by atoms with Gasteiger partial charge in [-0.15, -0.1) is 0 Å². The van der Waals surface area contributed by atoms with E-state index >= 15 is 0 Å². The third kappa shape index (κ3) is 3.72. The van der Waals surface area contributed by atoms with Gasteiger partial charge in [0.15, 0.2) is 5.69 Å². The molecule has 2 aromatic rings. The molecule has 1 heterocycles.